The molecule has 2 aromatic rings. The van der Waals surface area contributed by atoms with Gasteiger partial charge in [-0.05, 0) is 25.5 Å². The van der Waals surface area contributed by atoms with Crippen LogP contribution in [0.2, 0.25) is 0 Å². The van der Waals surface area contributed by atoms with E-state index in [4.69, 9.17) is 0 Å². The summed E-state index contributed by atoms with van der Waals surface area (Å²) in [6, 6.07) is 7.98. The van der Waals surface area contributed by atoms with Gasteiger partial charge in [-0.1, -0.05) is 24.3 Å². The van der Waals surface area contributed by atoms with Gasteiger partial charge < -0.3 is 5.11 Å². The summed E-state index contributed by atoms with van der Waals surface area (Å²) in [7, 11) is 0. The first-order valence-corrected chi connectivity index (χ1v) is 6.49. The molecule has 0 spiro atoms. The average molecular weight is 280 g/mol. The maximum atomic E-state index is 12.5. The zero-order chi connectivity index (χ0) is 15.3. The van der Waals surface area contributed by atoms with Crippen molar-refractivity contribution in [1.29, 1.82) is 0 Å². The number of phenols is 1. The second kappa shape index (κ2) is 4.38. The Bertz CT molecular complexity index is 831. The minimum atomic E-state index is -0.430. The lowest BCUT2D eigenvalue weighted by Crippen LogP contribution is -2.22. The van der Waals surface area contributed by atoms with Crippen LogP contribution in [0.15, 0.2) is 30.3 Å². The van der Waals surface area contributed by atoms with Gasteiger partial charge in [-0.25, -0.2) is 0 Å². The number of aryl methyl sites for hydroxylation is 1. The number of hydrogen-bond donors (Lipinski definition) is 1. The average Bonchev–Trinajstić information content (AvgIpc) is 2.44. The van der Waals surface area contributed by atoms with Gasteiger partial charge in [0.25, 0.3) is 0 Å². The van der Waals surface area contributed by atoms with Gasteiger partial charge >= 0.3 is 0 Å². The standard InChI is InChI=1S/C17H12O4/c1-8-7-12-14(17(21)13(8)9(2)18)16(20)11-6-4-3-5-10(11)15(12)19/h3-7,21H,1-2H3. The zero-order valence-electron chi connectivity index (χ0n) is 11.6. The monoisotopic (exact) mass is 280 g/mol. The molecule has 0 radical (unpaired) electrons. The van der Waals surface area contributed by atoms with Crippen LogP contribution in [0.4, 0.5) is 0 Å². The van der Waals surface area contributed by atoms with Gasteiger partial charge in [0, 0.05) is 16.7 Å². The van der Waals surface area contributed by atoms with Crippen LogP contribution in [-0.2, 0) is 0 Å². The number of Topliss-reactive ketones (excluding diaryl/α,β-unsaturated/α-hetero) is 1. The Labute approximate surface area is 121 Å². The Morgan fingerprint density at radius 3 is 2.14 bits per heavy atom. The predicted molar refractivity (Wildman–Crippen MR) is 76.2 cm³/mol. The van der Waals surface area contributed by atoms with Crippen molar-refractivity contribution in [3.63, 3.8) is 0 Å². The summed E-state index contributed by atoms with van der Waals surface area (Å²) in [6.07, 6.45) is 0. The number of benzene rings is 2. The van der Waals surface area contributed by atoms with Crippen molar-refractivity contribution in [2.24, 2.45) is 0 Å². The van der Waals surface area contributed by atoms with Crippen LogP contribution in [0.3, 0.4) is 0 Å². The molecule has 4 nitrogen and oxygen atoms in total. The number of ketones is 3. The molecule has 0 bridgehead atoms. The van der Waals surface area contributed by atoms with Gasteiger partial charge in [-0.3, -0.25) is 14.4 Å². The van der Waals surface area contributed by atoms with Gasteiger partial charge in [0.05, 0.1) is 11.1 Å². The molecule has 0 amide bonds. The molecule has 1 aliphatic carbocycles. The number of aromatic hydroxyl groups is 1. The Kier molecular flexibility index (Phi) is 2.76. The summed E-state index contributed by atoms with van der Waals surface area (Å²) < 4.78 is 0. The summed E-state index contributed by atoms with van der Waals surface area (Å²) >= 11 is 0. The lowest BCUT2D eigenvalue weighted by Gasteiger charge is -2.20. The molecule has 0 saturated carbocycles. The molecule has 104 valence electrons. The Balaban J connectivity index is 2.39. The number of rotatable bonds is 1. The first-order valence-electron chi connectivity index (χ1n) is 6.49. The molecule has 0 unspecified atom stereocenters. The van der Waals surface area contributed by atoms with Crippen LogP contribution in [0.25, 0.3) is 0 Å². The molecule has 21 heavy (non-hydrogen) atoms. The van der Waals surface area contributed by atoms with Gasteiger partial charge in [0.1, 0.15) is 5.75 Å². The van der Waals surface area contributed by atoms with E-state index < -0.39 is 11.5 Å². The van der Waals surface area contributed by atoms with E-state index in [0.717, 1.165) is 0 Å². The van der Waals surface area contributed by atoms with E-state index in [2.05, 4.69) is 0 Å². The second-order valence-corrected chi connectivity index (χ2v) is 5.10. The Hall–Kier alpha value is -2.75. The van der Waals surface area contributed by atoms with Crippen molar-refractivity contribution < 1.29 is 19.5 Å². The van der Waals surface area contributed by atoms with E-state index in [1.165, 1.54) is 13.0 Å². The van der Waals surface area contributed by atoms with Crippen LogP contribution in [0.5, 0.6) is 5.75 Å². The number of phenolic OH excluding ortho intramolecular Hbond substituents is 1. The maximum absolute atomic E-state index is 12.5. The van der Waals surface area contributed by atoms with E-state index in [9.17, 15) is 19.5 Å². The van der Waals surface area contributed by atoms with Crippen LogP contribution in [0, 0.1) is 6.92 Å². The molecule has 0 atom stereocenters. The molecule has 1 N–H and O–H groups in total. The van der Waals surface area contributed by atoms with Crippen LogP contribution in [-0.4, -0.2) is 22.5 Å². The normalized spacial score (nSPS) is 12.9. The number of hydrogen-bond acceptors (Lipinski definition) is 4. The Morgan fingerprint density at radius 2 is 1.57 bits per heavy atom. The topological polar surface area (TPSA) is 71.4 Å². The number of carbonyl (C=O) groups excluding carboxylic acids is 3. The van der Waals surface area contributed by atoms with Gasteiger partial charge in [-0.15, -0.1) is 0 Å². The molecule has 4 heteroatoms. The highest BCUT2D eigenvalue weighted by Crippen LogP contribution is 2.36. The lowest BCUT2D eigenvalue weighted by atomic mass is 9.81. The molecule has 1 aliphatic rings. The zero-order valence-corrected chi connectivity index (χ0v) is 11.6. The summed E-state index contributed by atoms with van der Waals surface area (Å²) in [5, 5.41) is 10.3. The summed E-state index contributed by atoms with van der Waals surface area (Å²) in [5.41, 5.74) is 1.23. The van der Waals surface area contributed by atoms with E-state index in [0.29, 0.717) is 11.1 Å². The molecule has 3 rings (SSSR count). The van der Waals surface area contributed by atoms with Crippen LogP contribution >= 0.6 is 0 Å². The highest BCUT2D eigenvalue weighted by molar-refractivity contribution is 6.30. The molecule has 0 aliphatic heterocycles. The molecule has 0 heterocycles. The second-order valence-electron chi connectivity index (χ2n) is 5.10. The third-order valence-corrected chi connectivity index (χ3v) is 3.74. The largest absolute Gasteiger partial charge is 0.506 e. The first kappa shape index (κ1) is 13.2. The van der Waals surface area contributed by atoms with Gasteiger partial charge in [0.2, 0.25) is 0 Å². The molecule has 0 aromatic heterocycles. The highest BCUT2D eigenvalue weighted by Gasteiger charge is 2.34. The molecule has 0 saturated heterocycles. The fourth-order valence-corrected chi connectivity index (χ4v) is 2.81. The van der Waals surface area contributed by atoms with E-state index in [1.54, 1.807) is 31.2 Å². The molecule has 2 aromatic carbocycles. The third kappa shape index (κ3) is 1.72. The van der Waals surface area contributed by atoms with Crippen molar-refractivity contribution in [2.45, 2.75) is 13.8 Å². The van der Waals surface area contributed by atoms with Crippen LogP contribution < -0.4 is 0 Å². The molecular weight excluding hydrogens is 268 g/mol. The summed E-state index contributed by atoms with van der Waals surface area (Å²) in [4.78, 5) is 36.7. The summed E-state index contributed by atoms with van der Waals surface area (Å²) in [6.45, 7) is 2.95. The fourth-order valence-electron chi connectivity index (χ4n) is 2.81. The molecular formula is C17H12O4. The van der Waals surface area contributed by atoms with E-state index in [-0.39, 0.29) is 33.8 Å². The van der Waals surface area contributed by atoms with Gasteiger partial charge in [0.15, 0.2) is 17.3 Å². The van der Waals surface area contributed by atoms with Crippen molar-refractivity contribution in [3.05, 3.63) is 63.7 Å². The van der Waals surface area contributed by atoms with Crippen molar-refractivity contribution in [3.8, 4) is 5.75 Å². The first-order chi connectivity index (χ1) is 9.93. The minimum absolute atomic E-state index is 0.0745. The Morgan fingerprint density at radius 1 is 1.00 bits per heavy atom. The summed E-state index contributed by atoms with van der Waals surface area (Å²) in [5.74, 6) is -1.48. The third-order valence-electron chi connectivity index (χ3n) is 3.74. The fraction of sp³-hybridized carbons (Fsp3) is 0.118. The smallest absolute Gasteiger partial charge is 0.198 e. The predicted octanol–water partition coefficient (Wildman–Crippen LogP) is 2.68. The maximum Gasteiger partial charge on any atom is 0.198 e. The van der Waals surface area contributed by atoms with E-state index in [1.807, 2.05) is 0 Å². The van der Waals surface area contributed by atoms with Crippen molar-refractivity contribution in [2.75, 3.05) is 0 Å². The van der Waals surface area contributed by atoms with Crippen molar-refractivity contribution in [1.82, 2.24) is 0 Å². The molecule has 0 fully saturated rings. The minimum Gasteiger partial charge on any atom is -0.506 e. The highest BCUT2D eigenvalue weighted by atomic mass is 16.3. The van der Waals surface area contributed by atoms with E-state index >= 15 is 0 Å². The number of carbonyl (C=O) groups is 3. The van der Waals surface area contributed by atoms with Gasteiger partial charge in [-0.2, -0.15) is 0 Å². The lowest BCUT2D eigenvalue weighted by molar-refractivity contribution is 0.0974. The number of fused-ring (bicyclic) bond motifs is 2. The van der Waals surface area contributed by atoms with Crippen molar-refractivity contribution >= 4 is 17.3 Å². The SMILES string of the molecule is CC(=O)c1c(C)cc2c(c1O)C(=O)c1ccccc1C2=O. The quantitative estimate of drug-likeness (QED) is 0.696. The van der Waals surface area contributed by atoms with Crippen LogP contribution in [0.1, 0.15) is 54.7 Å².